The molecule has 1 aliphatic heterocycles. The summed E-state index contributed by atoms with van der Waals surface area (Å²) >= 11 is 0. The Morgan fingerprint density at radius 1 is 1.25 bits per heavy atom. The molecule has 0 atom stereocenters. The summed E-state index contributed by atoms with van der Waals surface area (Å²) in [4.78, 5) is 1.92. The first kappa shape index (κ1) is 13.3. The molecule has 0 saturated carbocycles. The summed E-state index contributed by atoms with van der Waals surface area (Å²) in [6.07, 6.45) is 6.82. The van der Waals surface area contributed by atoms with Crippen molar-refractivity contribution in [3.8, 4) is 0 Å². The molecule has 0 fully saturated rings. The topological polar surface area (TPSA) is 3.24 Å². The fourth-order valence-corrected chi connectivity index (χ4v) is 1.45. The Hall–Kier alpha value is -0.726. The number of benzene rings is 1. The molecule has 3 heteroatoms. The van der Waals surface area contributed by atoms with Gasteiger partial charge < -0.3 is 4.90 Å². The Morgan fingerprint density at radius 3 is 2.50 bits per heavy atom. The van der Waals surface area contributed by atoms with Crippen LogP contribution in [-0.2, 0) is 32.7 Å². The summed E-state index contributed by atoms with van der Waals surface area (Å²) in [5.41, 5.74) is 2.74. The second kappa shape index (κ2) is 5.56. The molecule has 1 aromatic carbocycles. The standard InChI is InChI=1S/C13H11FN.Y/c1-10-4-3-5-13(15(10)2)11-6-8-12(14)9-7-11;/h3-4,6-9H,1H2,2H3;/q-1;. The summed E-state index contributed by atoms with van der Waals surface area (Å²) in [7, 11) is 1.91. The third kappa shape index (κ3) is 2.69. The molecule has 1 aliphatic rings. The zero-order valence-corrected chi connectivity index (χ0v) is 11.9. The number of allylic oxidation sites excluding steroid dienone is 3. The van der Waals surface area contributed by atoms with Gasteiger partial charge in [-0.2, -0.15) is 12.2 Å². The van der Waals surface area contributed by atoms with E-state index in [-0.39, 0.29) is 38.5 Å². The molecule has 0 unspecified atom stereocenters. The van der Waals surface area contributed by atoms with Crippen LogP contribution in [0.2, 0.25) is 0 Å². The van der Waals surface area contributed by atoms with E-state index in [4.69, 9.17) is 0 Å². The van der Waals surface area contributed by atoms with Gasteiger partial charge >= 0.3 is 0 Å². The average Bonchev–Trinajstić information content (AvgIpc) is 2.24. The van der Waals surface area contributed by atoms with Crippen LogP contribution in [0.5, 0.6) is 0 Å². The monoisotopic (exact) mass is 289 g/mol. The number of nitrogens with zero attached hydrogens (tertiary/aromatic N) is 1. The van der Waals surface area contributed by atoms with Gasteiger partial charge in [-0.25, -0.2) is 4.39 Å². The maximum atomic E-state index is 12.8. The summed E-state index contributed by atoms with van der Waals surface area (Å²) in [6, 6.07) is 6.36. The van der Waals surface area contributed by atoms with Crippen molar-refractivity contribution in [3.05, 3.63) is 66.2 Å². The first-order valence-electron chi connectivity index (χ1n) is 4.67. The average molecular weight is 289 g/mol. The van der Waals surface area contributed by atoms with E-state index in [0.717, 1.165) is 17.0 Å². The maximum absolute atomic E-state index is 12.8. The van der Waals surface area contributed by atoms with Crippen molar-refractivity contribution in [1.82, 2.24) is 4.90 Å². The van der Waals surface area contributed by atoms with Crippen LogP contribution in [0.3, 0.4) is 0 Å². The van der Waals surface area contributed by atoms with Gasteiger partial charge in [0.25, 0.3) is 0 Å². The molecule has 1 radical (unpaired) electrons. The first-order valence-corrected chi connectivity index (χ1v) is 4.67. The van der Waals surface area contributed by atoms with Crippen molar-refractivity contribution in [2.75, 3.05) is 7.05 Å². The van der Waals surface area contributed by atoms with Gasteiger partial charge in [-0.1, -0.05) is 17.8 Å². The van der Waals surface area contributed by atoms with E-state index in [1.807, 2.05) is 24.1 Å². The quantitative estimate of drug-likeness (QED) is 0.718. The van der Waals surface area contributed by atoms with E-state index in [9.17, 15) is 4.39 Å². The van der Waals surface area contributed by atoms with Crippen molar-refractivity contribution in [3.63, 3.8) is 0 Å². The van der Waals surface area contributed by atoms with E-state index >= 15 is 0 Å². The van der Waals surface area contributed by atoms with Crippen molar-refractivity contribution < 1.29 is 37.1 Å². The predicted octanol–water partition coefficient (Wildman–Crippen LogP) is 2.98. The molecule has 0 amide bonds. The Kier molecular flexibility index (Phi) is 4.63. The molecule has 16 heavy (non-hydrogen) atoms. The summed E-state index contributed by atoms with van der Waals surface area (Å²) in [5.74, 6) is -0.229. The number of hydrogen-bond acceptors (Lipinski definition) is 1. The second-order valence-corrected chi connectivity index (χ2v) is 3.38. The predicted molar refractivity (Wildman–Crippen MR) is 59.1 cm³/mol. The normalized spacial score (nSPS) is 14.5. The molecule has 1 nitrogen and oxygen atoms in total. The van der Waals surface area contributed by atoms with Crippen molar-refractivity contribution in [2.45, 2.75) is 0 Å². The van der Waals surface area contributed by atoms with Gasteiger partial charge in [0.2, 0.25) is 0 Å². The third-order valence-electron chi connectivity index (χ3n) is 2.38. The van der Waals surface area contributed by atoms with Crippen LogP contribution in [-0.4, -0.2) is 11.9 Å². The SMILES string of the molecule is C=C1C=C[C-]=C(c2ccc(F)cc2)N1C.[Y]. The van der Waals surface area contributed by atoms with Crippen LogP contribution in [0.15, 0.2) is 48.7 Å². The zero-order chi connectivity index (χ0) is 10.8. The summed E-state index contributed by atoms with van der Waals surface area (Å²) < 4.78 is 12.8. The molecule has 0 N–H and O–H groups in total. The van der Waals surface area contributed by atoms with Gasteiger partial charge in [0, 0.05) is 39.8 Å². The van der Waals surface area contributed by atoms with Crippen LogP contribution >= 0.6 is 0 Å². The van der Waals surface area contributed by atoms with Crippen LogP contribution < -0.4 is 0 Å². The molecule has 2 rings (SSSR count). The van der Waals surface area contributed by atoms with Gasteiger partial charge in [0.05, 0.1) is 0 Å². The number of rotatable bonds is 1. The van der Waals surface area contributed by atoms with Gasteiger partial charge in [-0.15, -0.1) is 18.2 Å². The van der Waals surface area contributed by atoms with Crippen molar-refractivity contribution in [2.24, 2.45) is 0 Å². The van der Waals surface area contributed by atoms with E-state index in [1.54, 1.807) is 12.1 Å². The number of hydrogen-bond donors (Lipinski definition) is 0. The van der Waals surface area contributed by atoms with Crippen LogP contribution in [0.25, 0.3) is 5.70 Å². The van der Waals surface area contributed by atoms with Crippen molar-refractivity contribution in [1.29, 1.82) is 0 Å². The van der Waals surface area contributed by atoms with Gasteiger partial charge in [-0.05, 0) is 17.8 Å². The number of likely N-dealkylation sites (N-methyl/N-ethyl adjacent to an activating group) is 1. The molecule has 79 valence electrons. The maximum Gasteiger partial charge on any atom is 0.121 e. The minimum atomic E-state index is -0.229. The smallest absolute Gasteiger partial charge is 0.121 e. The van der Waals surface area contributed by atoms with Gasteiger partial charge in [0.15, 0.2) is 0 Å². The molecular weight excluding hydrogens is 278 g/mol. The minimum absolute atomic E-state index is 0. The van der Waals surface area contributed by atoms with Crippen LogP contribution in [0.1, 0.15) is 5.56 Å². The van der Waals surface area contributed by atoms with E-state index in [2.05, 4.69) is 12.7 Å². The molecule has 1 aromatic rings. The Bertz CT molecular complexity index is 446. The number of halogens is 1. The molecule has 0 saturated heterocycles. The Labute approximate surface area is 120 Å². The zero-order valence-electron chi connectivity index (χ0n) is 9.07. The minimum Gasteiger partial charge on any atom is -0.379 e. The Morgan fingerprint density at radius 2 is 1.88 bits per heavy atom. The van der Waals surface area contributed by atoms with E-state index < -0.39 is 0 Å². The molecule has 0 spiro atoms. The molecular formula is C13H11FNY-. The van der Waals surface area contributed by atoms with Gasteiger partial charge in [0.1, 0.15) is 5.82 Å². The molecule has 0 aliphatic carbocycles. The van der Waals surface area contributed by atoms with E-state index in [0.29, 0.717) is 0 Å². The molecule has 0 bridgehead atoms. The van der Waals surface area contributed by atoms with E-state index in [1.165, 1.54) is 12.1 Å². The Balaban J connectivity index is 0.00000128. The van der Waals surface area contributed by atoms with Crippen molar-refractivity contribution >= 4 is 5.70 Å². The molecule has 1 heterocycles. The second-order valence-electron chi connectivity index (χ2n) is 3.38. The van der Waals surface area contributed by atoms with Crippen LogP contribution in [0.4, 0.5) is 4.39 Å². The summed E-state index contributed by atoms with van der Waals surface area (Å²) in [6.45, 7) is 3.89. The third-order valence-corrected chi connectivity index (χ3v) is 2.38. The fourth-order valence-electron chi connectivity index (χ4n) is 1.45. The van der Waals surface area contributed by atoms with Crippen LogP contribution in [0, 0.1) is 11.9 Å². The fraction of sp³-hybridized carbons (Fsp3) is 0.0769. The first-order chi connectivity index (χ1) is 7.18. The summed E-state index contributed by atoms with van der Waals surface area (Å²) in [5, 5.41) is 0. The van der Waals surface area contributed by atoms with Gasteiger partial charge in [-0.3, -0.25) is 0 Å². The molecule has 0 aromatic heterocycles. The largest absolute Gasteiger partial charge is 0.379 e.